The van der Waals surface area contributed by atoms with Crippen LogP contribution in [-0.4, -0.2) is 45.5 Å². The van der Waals surface area contributed by atoms with Gasteiger partial charge in [0.1, 0.15) is 0 Å². The first-order valence-corrected chi connectivity index (χ1v) is 6.50. The van der Waals surface area contributed by atoms with Crippen LogP contribution in [0.5, 0.6) is 0 Å². The van der Waals surface area contributed by atoms with Gasteiger partial charge >= 0.3 is 24.3 Å². The highest BCUT2D eigenvalue weighted by molar-refractivity contribution is 5.73. The van der Waals surface area contributed by atoms with Crippen LogP contribution >= 0.6 is 0 Å². The Morgan fingerprint density at radius 2 is 1.38 bits per heavy atom. The maximum Gasteiger partial charge on any atom is 0.490 e. The summed E-state index contributed by atoms with van der Waals surface area (Å²) in [5.41, 5.74) is 12.0. The van der Waals surface area contributed by atoms with E-state index in [0.29, 0.717) is 0 Å². The number of nitrogens with zero attached hydrogens (tertiary/aromatic N) is 1. The molecule has 0 amide bonds. The first-order valence-electron chi connectivity index (χ1n) is 6.50. The van der Waals surface area contributed by atoms with Crippen LogP contribution in [0.1, 0.15) is 19.5 Å². The number of rotatable bonds is 2. The topological polar surface area (TPSA) is 140 Å². The van der Waals surface area contributed by atoms with Gasteiger partial charge in [-0.15, -0.1) is 0 Å². The van der Waals surface area contributed by atoms with Crippen molar-refractivity contribution in [2.24, 2.45) is 11.5 Å². The molecule has 0 saturated heterocycles. The molecular formula is C13H17F6N3O4. The van der Waals surface area contributed by atoms with Crippen molar-refractivity contribution in [3.05, 3.63) is 30.1 Å². The Morgan fingerprint density at radius 3 is 1.58 bits per heavy atom. The number of aromatic nitrogens is 1. The van der Waals surface area contributed by atoms with Gasteiger partial charge in [-0.05, 0) is 26.0 Å². The van der Waals surface area contributed by atoms with Gasteiger partial charge < -0.3 is 21.7 Å². The molecule has 1 rings (SSSR count). The van der Waals surface area contributed by atoms with Crippen LogP contribution in [0.15, 0.2) is 24.4 Å². The number of carbonyl (C=O) groups is 2. The molecule has 0 radical (unpaired) electrons. The molecule has 7 nitrogen and oxygen atoms in total. The minimum atomic E-state index is -5.08. The molecule has 6 N–H and O–H groups in total. The Hall–Kier alpha value is -2.41. The molecule has 13 heteroatoms. The van der Waals surface area contributed by atoms with Crippen LogP contribution < -0.4 is 11.5 Å². The first-order chi connectivity index (χ1) is 11.4. The summed E-state index contributed by atoms with van der Waals surface area (Å²) >= 11 is 0. The van der Waals surface area contributed by atoms with E-state index in [0.717, 1.165) is 5.69 Å². The van der Waals surface area contributed by atoms with E-state index in [4.69, 9.17) is 31.3 Å². The van der Waals surface area contributed by atoms with E-state index in [-0.39, 0.29) is 6.04 Å². The van der Waals surface area contributed by atoms with Crippen molar-refractivity contribution in [1.82, 2.24) is 4.98 Å². The van der Waals surface area contributed by atoms with E-state index in [9.17, 15) is 26.3 Å². The van der Waals surface area contributed by atoms with Gasteiger partial charge in [-0.2, -0.15) is 26.3 Å². The van der Waals surface area contributed by atoms with Gasteiger partial charge in [-0.1, -0.05) is 6.07 Å². The third kappa shape index (κ3) is 10.5. The van der Waals surface area contributed by atoms with Crippen molar-refractivity contribution in [3.8, 4) is 0 Å². The van der Waals surface area contributed by atoms with Crippen molar-refractivity contribution < 1.29 is 46.1 Å². The highest BCUT2D eigenvalue weighted by Gasteiger charge is 2.38. The highest BCUT2D eigenvalue weighted by atomic mass is 19.4. The molecule has 0 aliphatic rings. The van der Waals surface area contributed by atoms with Crippen LogP contribution in [0.3, 0.4) is 0 Å². The zero-order chi connectivity index (χ0) is 21.3. The summed E-state index contributed by atoms with van der Waals surface area (Å²) in [6.45, 7) is 3.77. The van der Waals surface area contributed by atoms with Gasteiger partial charge in [0.25, 0.3) is 0 Å². The molecule has 0 aliphatic carbocycles. The normalized spacial score (nSPS) is 14.5. The van der Waals surface area contributed by atoms with E-state index >= 15 is 0 Å². The number of carboxylic acid groups (broad SMARTS) is 2. The molecule has 1 aromatic heterocycles. The van der Waals surface area contributed by atoms with Gasteiger partial charge in [0, 0.05) is 12.2 Å². The lowest BCUT2D eigenvalue weighted by molar-refractivity contribution is -0.193. The molecule has 0 bridgehead atoms. The molecule has 0 fully saturated rings. The molecular weight excluding hydrogens is 376 g/mol. The summed E-state index contributed by atoms with van der Waals surface area (Å²) in [4.78, 5) is 22.0. The van der Waals surface area contributed by atoms with Crippen molar-refractivity contribution in [2.45, 2.75) is 37.8 Å². The zero-order valence-electron chi connectivity index (χ0n) is 13.5. The molecule has 1 heterocycles. The van der Waals surface area contributed by atoms with E-state index in [1.165, 1.54) is 0 Å². The second-order valence-corrected chi connectivity index (χ2v) is 4.89. The van der Waals surface area contributed by atoms with Crippen LogP contribution in [0.4, 0.5) is 26.3 Å². The average molecular weight is 393 g/mol. The monoisotopic (exact) mass is 393 g/mol. The van der Waals surface area contributed by atoms with Crippen LogP contribution in [0, 0.1) is 0 Å². The summed E-state index contributed by atoms with van der Waals surface area (Å²) in [5.74, 6) is -5.51. The van der Waals surface area contributed by atoms with Gasteiger partial charge in [0.2, 0.25) is 0 Å². The molecule has 2 unspecified atom stereocenters. The number of hydrogen-bond acceptors (Lipinski definition) is 5. The number of aliphatic carboxylic acids is 2. The van der Waals surface area contributed by atoms with Crippen molar-refractivity contribution in [1.29, 1.82) is 0 Å². The lowest BCUT2D eigenvalue weighted by Gasteiger charge is -2.27. The van der Waals surface area contributed by atoms with E-state index in [1.807, 2.05) is 32.0 Å². The quantitative estimate of drug-likeness (QED) is 0.563. The van der Waals surface area contributed by atoms with E-state index in [2.05, 4.69) is 4.98 Å². The van der Waals surface area contributed by atoms with Crippen molar-refractivity contribution >= 4 is 11.9 Å². The fourth-order valence-electron chi connectivity index (χ4n) is 0.915. The van der Waals surface area contributed by atoms with Crippen LogP contribution in [0.2, 0.25) is 0 Å². The summed E-state index contributed by atoms with van der Waals surface area (Å²) in [6.07, 6.45) is -8.44. The van der Waals surface area contributed by atoms with Gasteiger partial charge in [-0.25, -0.2) is 9.59 Å². The Morgan fingerprint density at radius 1 is 1.04 bits per heavy atom. The maximum absolute atomic E-state index is 10.6. The standard InChI is InChI=1S/C9H15N3.2C2HF3O2/c1-7(10)9(2,11)8-5-3-4-6-12-8;2*3-2(4,5)1(6)7/h3-7H,10-11H2,1-2H3;2*(H,6,7). The molecule has 150 valence electrons. The van der Waals surface area contributed by atoms with E-state index in [1.54, 1.807) is 6.20 Å². The SMILES string of the molecule is CC(N)C(C)(N)c1ccccn1.O=C(O)C(F)(F)F.O=C(O)C(F)(F)F. The third-order valence-electron chi connectivity index (χ3n) is 2.65. The third-order valence-corrected chi connectivity index (χ3v) is 2.65. The van der Waals surface area contributed by atoms with Gasteiger partial charge in [-0.3, -0.25) is 4.98 Å². The minimum Gasteiger partial charge on any atom is -0.475 e. The van der Waals surface area contributed by atoms with Crippen molar-refractivity contribution in [3.63, 3.8) is 0 Å². The Labute approximate surface area is 143 Å². The maximum atomic E-state index is 10.6. The number of carboxylic acids is 2. The lowest BCUT2D eigenvalue weighted by Crippen LogP contribution is -2.48. The van der Waals surface area contributed by atoms with Crippen molar-refractivity contribution in [2.75, 3.05) is 0 Å². The van der Waals surface area contributed by atoms with Crippen LogP contribution in [-0.2, 0) is 15.1 Å². The Kier molecular flexibility index (Phi) is 9.85. The fraction of sp³-hybridized carbons (Fsp3) is 0.462. The largest absolute Gasteiger partial charge is 0.490 e. The first kappa shape index (κ1) is 25.8. The summed E-state index contributed by atoms with van der Waals surface area (Å²) in [7, 11) is 0. The number of nitrogens with two attached hydrogens (primary N) is 2. The molecule has 2 atom stereocenters. The smallest absolute Gasteiger partial charge is 0.475 e. The zero-order valence-corrected chi connectivity index (χ0v) is 13.5. The molecule has 0 spiro atoms. The summed E-state index contributed by atoms with van der Waals surface area (Å²) in [5, 5.41) is 14.2. The molecule has 0 saturated carbocycles. The van der Waals surface area contributed by atoms with E-state index < -0.39 is 29.8 Å². The predicted octanol–water partition coefficient (Wildman–Crippen LogP) is 1.87. The molecule has 1 aromatic rings. The minimum absolute atomic E-state index is 0.104. The fourth-order valence-corrected chi connectivity index (χ4v) is 0.915. The molecule has 26 heavy (non-hydrogen) atoms. The lowest BCUT2D eigenvalue weighted by atomic mass is 9.91. The Bertz CT molecular complexity index is 549. The van der Waals surface area contributed by atoms with Crippen LogP contribution in [0.25, 0.3) is 0 Å². The summed E-state index contributed by atoms with van der Waals surface area (Å²) < 4.78 is 63.5. The molecule has 0 aromatic carbocycles. The number of alkyl halides is 6. The van der Waals surface area contributed by atoms with Gasteiger partial charge in [0.05, 0.1) is 11.2 Å². The molecule has 0 aliphatic heterocycles. The summed E-state index contributed by atoms with van der Waals surface area (Å²) in [6, 6.07) is 5.56. The average Bonchev–Trinajstić information content (AvgIpc) is 2.47. The Balaban J connectivity index is 0. The van der Waals surface area contributed by atoms with Gasteiger partial charge in [0.15, 0.2) is 0 Å². The predicted molar refractivity (Wildman–Crippen MR) is 76.8 cm³/mol. The number of hydrogen-bond donors (Lipinski definition) is 4. The second-order valence-electron chi connectivity index (χ2n) is 4.89. The number of halogens is 6. The highest BCUT2D eigenvalue weighted by Crippen LogP contribution is 2.17. The second kappa shape index (κ2) is 9.91. The number of pyridine rings is 1.